The molecule has 0 fully saturated rings. The lowest BCUT2D eigenvalue weighted by molar-refractivity contribution is 0.628. The van der Waals surface area contributed by atoms with E-state index < -0.39 is 5.82 Å². The SMILES string of the molecule is CCc1cc(CNc2ccc(Cl)c(F)c2)n(C)n1. The van der Waals surface area contributed by atoms with Crippen LogP contribution in [0.1, 0.15) is 18.3 Å². The van der Waals surface area contributed by atoms with Crippen molar-refractivity contribution in [3.8, 4) is 0 Å². The molecule has 3 nitrogen and oxygen atoms in total. The highest BCUT2D eigenvalue weighted by atomic mass is 35.5. The highest BCUT2D eigenvalue weighted by molar-refractivity contribution is 6.30. The van der Waals surface area contributed by atoms with Gasteiger partial charge in [-0.3, -0.25) is 4.68 Å². The van der Waals surface area contributed by atoms with E-state index in [4.69, 9.17) is 11.6 Å². The third-order valence-corrected chi connectivity index (χ3v) is 3.09. The maximum atomic E-state index is 13.3. The first-order chi connectivity index (χ1) is 8.60. The molecule has 2 rings (SSSR count). The second-order valence-electron chi connectivity index (χ2n) is 4.09. The van der Waals surface area contributed by atoms with Gasteiger partial charge in [-0.25, -0.2) is 4.39 Å². The lowest BCUT2D eigenvalue weighted by atomic mass is 10.3. The van der Waals surface area contributed by atoms with Crippen molar-refractivity contribution in [3.63, 3.8) is 0 Å². The molecule has 0 bridgehead atoms. The number of aryl methyl sites for hydroxylation is 2. The lowest BCUT2D eigenvalue weighted by Crippen LogP contribution is -2.05. The Kier molecular flexibility index (Phi) is 3.87. The lowest BCUT2D eigenvalue weighted by Gasteiger charge is -2.07. The number of hydrogen-bond donors (Lipinski definition) is 1. The van der Waals surface area contributed by atoms with Crippen molar-refractivity contribution in [2.45, 2.75) is 19.9 Å². The van der Waals surface area contributed by atoms with Crippen molar-refractivity contribution in [2.75, 3.05) is 5.32 Å². The Morgan fingerprint density at radius 3 is 2.78 bits per heavy atom. The van der Waals surface area contributed by atoms with Gasteiger partial charge in [-0.1, -0.05) is 18.5 Å². The number of nitrogens with one attached hydrogen (secondary N) is 1. The van der Waals surface area contributed by atoms with Gasteiger partial charge in [-0.15, -0.1) is 0 Å². The van der Waals surface area contributed by atoms with E-state index in [2.05, 4.69) is 17.3 Å². The maximum Gasteiger partial charge on any atom is 0.143 e. The van der Waals surface area contributed by atoms with Crippen molar-refractivity contribution in [1.82, 2.24) is 9.78 Å². The molecule has 0 unspecified atom stereocenters. The molecule has 96 valence electrons. The topological polar surface area (TPSA) is 29.9 Å². The van der Waals surface area contributed by atoms with Gasteiger partial charge in [0.15, 0.2) is 0 Å². The molecule has 18 heavy (non-hydrogen) atoms. The standard InChI is InChI=1S/C13H15ClFN3/c1-3-9-6-11(18(2)17-9)8-16-10-4-5-12(14)13(15)7-10/h4-7,16H,3,8H2,1-2H3. The summed E-state index contributed by atoms with van der Waals surface area (Å²) < 4.78 is 15.1. The summed E-state index contributed by atoms with van der Waals surface area (Å²) >= 11 is 5.63. The first-order valence-corrected chi connectivity index (χ1v) is 6.18. The van der Waals surface area contributed by atoms with Crippen molar-refractivity contribution in [2.24, 2.45) is 7.05 Å². The summed E-state index contributed by atoms with van der Waals surface area (Å²) in [5, 5.41) is 7.64. The quantitative estimate of drug-likeness (QED) is 0.920. The number of anilines is 1. The van der Waals surface area contributed by atoms with Crippen LogP contribution in [0, 0.1) is 5.82 Å². The van der Waals surface area contributed by atoms with Gasteiger partial charge in [0.1, 0.15) is 5.82 Å². The van der Waals surface area contributed by atoms with E-state index in [1.54, 1.807) is 12.1 Å². The maximum absolute atomic E-state index is 13.3. The molecular formula is C13H15ClFN3. The predicted molar refractivity (Wildman–Crippen MR) is 71.3 cm³/mol. The zero-order valence-corrected chi connectivity index (χ0v) is 11.1. The van der Waals surface area contributed by atoms with Gasteiger partial charge in [0, 0.05) is 12.7 Å². The van der Waals surface area contributed by atoms with Crippen LogP contribution in [0.25, 0.3) is 0 Å². The van der Waals surface area contributed by atoms with E-state index >= 15 is 0 Å². The number of nitrogens with zero attached hydrogens (tertiary/aromatic N) is 2. The smallest absolute Gasteiger partial charge is 0.143 e. The molecule has 1 N–H and O–H groups in total. The van der Waals surface area contributed by atoms with E-state index in [-0.39, 0.29) is 5.02 Å². The zero-order valence-electron chi connectivity index (χ0n) is 10.4. The van der Waals surface area contributed by atoms with Gasteiger partial charge in [0.05, 0.1) is 23.0 Å². The van der Waals surface area contributed by atoms with Crippen LogP contribution in [0.5, 0.6) is 0 Å². The third-order valence-electron chi connectivity index (χ3n) is 2.78. The molecule has 2 aromatic rings. The molecule has 0 radical (unpaired) electrons. The minimum absolute atomic E-state index is 0.134. The fraction of sp³-hybridized carbons (Fsp3) is 0.308. The molecule has 0 saturated heterocycles. The first-order valence-electron chi connectivity index (χ1n) is 5.81. The van der Waals surface area contributed by atoms with Crippen molar-refractivity contribution < 1.29 is 4.39 Å². The summed E-state index contributed by atoms with van der Waals surface area (Å²) in [4.78, 5) is 0. The summed E-state index contributed by atoms with van der Waals surface area (Å²) in [5.74, 6) is -0.416. The minimum Gasteiger partial charge on any atom is -0.379 e. The van der Waals surface area contributed by atoms with Gasteiger partial charge in [0.2, 0.25) is 0 Å². The second kappa shape index (κ2) is 5.40. The fourth-order valence-electron chi connectivity index (χ4n) is 1.71. The number of aromatic nitrogens is 2. The molecule has 0 atom stereocenters. The minimum atomic E-state index is -0.416. The molecule has 1 heterocycles. The van der Waals surface area contributed by atoms with E-state index in [0.29, 0.717) is 12.2 Å². The van der Waals surface area contributed by atoms with Crippen molar-refractivity contribution in [3.05, 3.63) is 46.5 Å². The Morgan fingerprint density at radius 1 is 1.39 bits per heavy atom. The van der Waals surface area contributed by atoms with E-state index in [1.165, 1.54) is 6.07 Å². The van der Waals surface area contributed by atoms with Gasteiger partial charge >= 0.3 is 0 Å². The van der Waals surface area contributed by atoms with E-state index in [0.717, 1.165) is 17.8 Å². The summed E-state index contributed by atoms with van der Waals surface area (Å²) in [6, 6.07) is 6.72. The molecular weight excluding hydrogens is 253 g/mol. The Morgan fingerprint density at radius 2 is 2.17 bits per heavy atom. The van der Waals surface area contributed by atoms with Gasteiger partial charge < -0.3 is 5.32 Å². The molecule has 1 aromatic carbocycles. The molecule has 0 spiro atoms. The van der Waals surface area contributed by atoms with Crippen molar-refractivity contribution >= 4 is 17.3 Å². The normalized spacial score (nSPS) is 10.7. The van der Waals surface area contributed by atoms with Crippen LogP contribution in [0.3, 0.4) is 0 Å². The largest absolute Gasteiger partial charge is 0.379 e. The number of rotatable bonds is 4. The van der Waals surface area contributed by atoms with Gasteiger partial charge in [0.25, 0.3) is 0 Å². The number of hydrogen-bond acceptors (Lipinski definition) is 2. The number of benzene rings is 1. The monoisotopic (exact) mass is 267 g/mol. The zero-order chi connectivity index (χ0) is 13.1. The van der Waals surface area contributed by atoms with Crippen LogP contribution in [-0.2, 0) is 20.0 Å². The van der Waals surface area contributed by atoms with Crippen LogP contribution < -0.4 is 5.32 Å². The van der Waals surface area contributed by atoms with Crippen LogP contribution in [0.2, 0.25) is 5.02 Å². The first kappa shape index (κ1) is 12.9. The highest BCUT2D eigenvalue weighted by Crippen LogP contribution is 2.19. The molecule has 0 saturated carbocycles. The average molecular weight is 268 g/mol. The van der Waals surface area contributed by atoms with E-state index in [9.17, 15) is 4.39 Å². The Hall–Kier alpha value is -1.55. The van der Waals surface area contributed by atoms with Crippen LogP contribution in [0.4, 0.5) is 10.1 Å². The molecule has 0 amide bonds. The summed E-state index contributed by atoms with van der Waals surface area (Å²) in [6.07, 6.45) is 0.906. The van der Waals surface area contributed by atoms with Gasteiger partial charge in [-0.05, 0) is 30.7 Å². The second-order valence-corrected chi connectivity index (χ2v) is 4.49. The Labute approximate surface area is 111 Å². The molecule has 0 aliphatic rings. The third kappa shape index (κ3) is 2.82. The Bertz CT molecular complexity index is 551. The van der Waals surface area contributed by atoms with Gasteiger partial charge in [-0.2, -0.15) is 5.10 Å². The number of halogens is 2. The van der Waals surface area contributed by atoms with Crippen LogP contribution in [-0.4, -0.2) is 9.78 Å². The van der Waals surface area contributed by atoms with E-state index in [1.807, 2.05) is 17.8 Å². The summed E-state index contributed by atoms with van der Waals surface area (Å²) in [5.41, 5.74) is 2.81. The molecule has 5 heteroatoms. The summed E-state index contributed by atoms with van der Waals surface area (Å²) in [7, 11) is 1.90. The van der Waals surface area contributed by atoms with Crippen molar-refractivity contribution in [1.29, 1.82) is 0 Å². The highest BCUT2D eigenvalue weighted by Gasteiger charge is 2.05. The molecule has 0 aliphatic heterocycles. The predicted octanol–water partition coefficient (Wildman–Crippen LogP) is 3.39. The molecule has 1 aromatic heterocycles. The average Bonchev–Trinajstić information content (AvgIpc) is 2.72. The van der Waals surface area contributed by atoms with Crippen LogP contribution >= 0.6 is 11.6 Å². The fourth-order valence-corrected chi connectivity index (χ4v) is 1.83. The Balaban J connectivity index is 2.06. The molecule has 0 aliphatic carbocycles. The van der Waals surface area contributed by atoms with Crippen LogP contribution in [0.15, 0.2) is 24.3 Å². The summed E-state index contributed by atoms with van der Waals surface area (Å²) in [6.45, 7) is 2.67.